The number of nitrogens with one attached hydrogen (secondary N) is 1. The van der Waals surface area contributed by atoms with Crippen LogP contribution in [0.4, 0.5) is 0 Å². The van der Waals surface area contributed by atoms with E-state index in [1.807, 2.05) is 34.6 Å². The van der Waals surface area contributed by atoms with Crippen molar-refractivity contribution in [1.82, 2.24) is 5.32 Å². The molecule has 0 aliphatic carbocycles. The average molecular weight is 487 g/mol. The number of rotatable bonds is 9. The molecule has 0 aromatic carbocycles. The summed E-state index contributed by atoms with van der Waals surface area (Å²) in [4.78, 5) is 24.5. The molecular formula is C25H46N2O5S. The highest BCUT2D eigenvalue weighted by Crippen LogP contribution is 2.41. The van der Waals surface area contributed by atoms with E-state index >= 15 is 0 Å². The maximum atomic E-state index is 12.6. The largest absolute Gasteiger partial charge is 0.460 e. The molecule has 0 unspecified atom stereocenters. The van der Waals surface area contributed by atoms with Gasteiger partial charge in [-0.25, -0.2) is 0 Å². The molecule has 3 N–H and O–H groups in total. The Labute approximate surface area is 204 Å². The quantitative estimate of drug-likeness (QED) is 0.472. The summed E-state index contributed by atoms with van der Waals surface area (Å²) in [5.74, 6) is 0.195. The minimum atomic E-state index is -0.496. The predicted octanol–water partition coefficient (Wildman–Crippen LogP) is 4.16. The number of amides is 1. The topological polar surface area (TPSA) is 99.9 Å². The van der Waals surface area contributed by atoms with Crippen LogP contribution in [-0.4, -0.2) is 58.6 Å². The van der Waals surface area contributed by atoms with Crippen molar-refractivity contribution in [1.29, 1.82) is 0 Å². The number of carbonyl (C=O) groups excluding carboxylic acids is 2. The molecule has 0 aromatic heterocycles. The molecule has 0 radical (unpaired) electrons. The van der Waals surface area contributed by atoms with Crippen LogP contribution < -0.4 is 11.1 Å². The lowest BCUT2D eigenvalue weighted by atomic mass is 9.82. The van der Waals surface area contributed by atoms with E-state index in [9.17, 15) is 9.59 Å². The number of esters is 1. The van der Waals surface area contributed by atoms with Crippen LogP contribution in [0.15, 0.2) is 0 Å². The van der Waals surface area contributed by atoms with Crippen LogP contribution in [0.5, 0.6) is 0 Å². The van der Waals surface area contributed by atoms with Gasteiger partial charge in [0.1, 0.15) is 10.5 Å². The molecule has 7 nitrogen and oxygen atoms in total. The van der Waals surface area contributed by atoms with Gasteiger partial charge in [0, 0.05) is 18.2 Å². The Morgan fingerprint density at radius 2 is 1.76 bits per heavy atom. The summed E-state index contributed by atoms with van der Waals surface area (Å²) < 4.78 is 17.7. The molecule has 0 spiro atoms. The Balaban J connectivity index is 1.78. The molecule has 0 aromatic rings. The van der Waals surface area contributed by atoms with Gasteiger partial charge in [-0.05, 0) is 93.0 Å². The summed E-state index contributed by atoms with van der Waals surface area (Å²) in [7, 11) is 0. The Hall–Kier alpha value is -0.830. The third-order valence-corrected chi connectivity index (χ3v) is 7.28. The molecule has 0 saturated carbocycles. The van der Waals surface area contributed by atoms with Gasteiger partial charge in [0.25, 0.3) is 0 Å². The van der Waals surface area contributed by atoms with E-state index in [-0.39, 0.29) is 41.0 Å². The Bertz CT molecular complexity index is 662. The molecule has 2 aliphatic heterocycles. The lowest BCUT2D eigenvalue weighted by Gasteiger charge is -2.40. The lowest BCUT2D eigenvalue weighted by Crippen LogP contribution is -2.42. The minimum Gasteiger partial charge on any atom is -0.460 e. The summed E-state index contributed by atoms with van der Waals surface area (Å²) in [6, 6.07) is 0. The van der Waals surface area contributed by atoms with E-state index in [2.05, 4.69) is 19.2 Å². The molecule has 33 heavy (non-hydrogen) atoms. The van der Waals surface area contributed by atoms with Crippen LogP contribution in [0.2, 0.25) is 0 Å². The Kier molecular flexibility index (Phi) is 10.1. The summed E-state index contributed by atoms with van der Waals surface area (Å²) in [6.45, 7) is 15.1. The van der Waals surface area contributed by atoms with E-state index in [4.69, 9.17) is 19.9 Å². The van der Waals surface area contributed by atoms with E-state index < -0.39 is 5.60 Å². The molecule has 2 rings (SSSR count). The summed E-state index contributed by atoms with van der Waals surface area (Å²) in [5.41, 5.74) is 5.01. The maximum absolute atomic E-state index is 12.6. The maximum Gasteiger partial charge on any atom is 0.308 e. The third kappa shape index (κ3) is 11.0. The average Bonchev–Trinajstić information content (AvgIpc) is 2.57. The van der Waals surface area contributed by atoms with Crippen LogP contribution in [0, 0.1) is 5.92 Å². The summed E-state index contributed by atoms with van der Waals surface area (Å²) in [5, 5.41) is 3.43. The van der Waals surface area contributed by atoms with Crippen LogP contribution in [0.25, 0.3) is 0 Å². The van der Waals surface area contributed by atoms with Crippen molar-refractivity contribution in [2.75, 3.05) is 13.1 Å². The zero-order valence-electron chi connectivity index (χ0n) is 21.7. The van der Waals surface area contributed by atoms with Gasteiger partial charge in [-0.15, -0.1) is 11.8 Å². The highest BCUT2D eigenvalue weighted by molar-refractivity contribution is 8.01. The first kappa shape index (κ1) is 28.4. The normalized spacial score (nSPS) is 29.3. The third-order valence-electron chi connectivity index (χ3n) is 5.85. The number of ether oxygens (including phenoxy) is 3. The fourth-order valence-electron chi connectivity index (χ4n) is 5.01. The van der Waals surface area contributed by atoms with Crippen molar-refractivity contribution in [2.24, 2.45) is 11.7 Å². The van der Waals surface area contributed by atoms with E-state index in [0.717, 1.165) is 32.1 Å². The second kappa shape index (κ2) is 11.7. The molecule has 8 heteroatoms. The molecule has 4 atom stereocenters. The Morgan fingerprint density at radius 3 is 2.39 bits per heavy atom. The number of hydrogen-bond donors (Lipinski definition) is 2. The second-order valence-electron chi connectivity index (χ2n) is 11.6. The smallest absolute Gasteiger partial charge is 0.308 e. The van der Waals surface area contributed by atoms with Crippen molar-refractivity contribution in [3.8, 4) is 0 Å². The monoisotopic (exact) mass is 486 g/mol. The number of carbonyl (C=O) groups is 2. The minimum absolute atomic E-state index is 0.103. The van der Waals surface area contributed by atoms with Gasteiger partial charge in [0.2, 0.25) is 5.91 Å². The van der Waals surface area contributed by atoms with Crippen molar-refractivity contribution in [2.45, 2.75) is 127 Å². The fourth-order valence-corrected chi connectivity index (χ4v) is 6.55. The molecule has 2 heterocycles. The fraction of sp³-hybridized carbons (Fsp3) is 0.920. The molecule has 2 saturated heterocycles. The van der Waals surface area contributed by atoms with Gasteiger partial charge < -0.3 is 25.3 Å². The second-order valence-corrected chi connectivity index (χ2v) is 13.5. The van der Waals surface area contributed by atoms with Crippen LogP contribution >= 0.6 is 11.8 Å². The lowest BCUT2D eigenvalue weighted by molar-refractivity contribution is -0.159. The molecule has 1 amide bonds. The number of hydrogen-bond acceptors (Lipinski definition) is 7. The molecule has 2 aliphatic rings. The molecular weight excluding hydrogens is 440 g/mol. The highest BCUT2D eigenvalue weighted by Gasteiger charge is 2.37. The number of nitrogens with two attached hydrogens (primary N) is 1. The van der Waals surface area contributed by atoms with E-state index in [0.29, 0.717) is 30.7 Å². The SMILES string of the molecule is CC(C)(C)OC(=O)C[C@H]1C[C@@H](CCNC(=O)C[C@H]2C[C@@H](CCN)OC(C)(C)C2)SC(C)(C)O1. The molecule has 2 fully saturated rings. The van der Waals surface area contributed by atoms with Crippen molar-refractivity contribution in [3.63, 3.8) is 0 Å². The zero-order valence-corrected chi connectivity index (χ0v) is 22.5. The van der Waals surface area contributed by atoms with Gasteiger partial charge in [0.15, 0.2) is 0 Å². The van der Waals surface area contributed by atoms with Gasteiger partial charge in [-0.1, -0.05) is 0 Å². The van der Waals surface area contributed by atoms with Gasteiger partial charge in [0.05, 0.1) is 24.2 Å². The van der Waals surface area contributed by atoms with Crippen LogP contribution in [0.3, 0.4) is 0 Å². The van der Waals surface area contributed by atoms with Crippen molar-refractivity contribution >= 4 is 23.6 Å². The zero-order chi connectivity index (χ0) is 24.9. The van der Waals surface area contributed by atoms with Crippen molar-refractivity contribution in [3.05, 3.63) is 0 Å². The van der Waals surface area contributed by atoms with E-state index in [1.165, 1.54) is 0 Å². The van der Waals surface area contributed by atoms with Gasteiger partial charge in [-0.3, -0.25) is 9.59 Å². The summed E-state index contributed by atoms with van der Waals surface area (Å²) in [6.07, 6.45) is 5.00. The van der Waals surface area contributed by atoms with Gasteiger partial charge >= 0.3 is 5.97 Å². The highest BCUT2D eigenvalue weighted by atomic mass is 32.2. The van der Waals surface area contributed by atoms with Crippen molar-refractivity contribution < 1.29 is 23.8 Å². The van der Waals surface area contributed by atoms with Gasteiger partial charge in [-0.2, -0.15) is 0 Å². The van der Waals surface area contributed by atoms with E-state index in [1.54, 1.807) is 11.8 Å². The van der Waals surface area contributed by atoms with Crippen LogP contribution in [-0.2, 0) is 23.8 Å². The predicted molar refractivity (Wildman–Crippen MR) is 133 cm³/mol. The Morgan fingerprint density at radius 1 is 1.06 bits per heavy atom. The summed E-state index contributed by atoms with van der Waals surface area (Å²) >= 11 is 1.77. The molecule has 192 valence electrons. The number of thioether (sulfide) groups is 1. The van der Waals surface area contributed by atoms with Crippen LogP contribution in [0.1, 0.15) is 93.4 Å². The standard InChI is InChI=1S/C25H46N2O5S/c1-23(2,3)32-22(29)15-19-14-20(33-25(6,7)31-19)9-11-27-21(28)13-17-12-18(8-10-26)30-24(4,5)16-17/h17-20H,8-16,26H2,1-7H3,(H,27,28)/t17-,18-,19-,20-/m1/s1. The molecule has 0 bridgehead atoms. The first-order valence-corrected chi connectivity index (χ1v) is 13.3. The first-order valence-electron chi connectivity index (χ1n) is 12.4. The first-order chi connectivity index (χ1) is 15.2.